The first kappa shape index (κ1) is 17.0. The summed E-state index contributed by atoms with van der Waals surface area (Å²) in [5, 5.41) is 0.412. The van der Waals surface area contributed by atoms with Crippen molar-refractivity contribution in [1.29, 1.82) is 0 Å². The van der Waals surface area contributed by atoms with Gasteiger partial charge < -0.3 is 9.47 Å². The lowest BCUT2D eigenvalue weighted by Gasteiger charge is -2.09. The molecule has 25 heavy (non-hydrogen) atoms. The number of hydrogen-bond acceptors (Lipinski definition) is 5. The Morgan fingerprint density at radius 2 is 2.04 bits per heavy atom. The van der Waals surface area contributed by atoms with Gasteiger partial charge in [-0.05, 0) is 30.7 Å². The minimum Gasteiger partial charge on any atom is -0.480 e. The number of aromatic nitrogens is 2. The van der Waals surface area contributed by atoms with Crippen molar-refractivity contribution in [1.82, 2.24) is 9.38 Å². The van der Waals surface area contributed by atoms with Crippen LogP contribution in [0.25, 0.3) is 5.65 Å². The number of nitrogens with zero attached hydrogens (tertiary/aromatic N) is 2. The van der Waals surface area contributed by atoms with Crippen LogP contribution in [-0.2, 0) is 16.1 Å². The van der Waals surface area contributed by atoms with Gasteiger partial charge in [0.05, 0.1) is 10.7 Å². The molecular formula is C18H15ClN2O4. The number of pyridine rings is 1. The van der Waals surface area contributed by atoms with Crippen molar-refractivity contribution in [2.75, 3.05) is 6.61 Å². The summed E-state index contributed by atoms with van der Waals surface area (Å²) < 4.78 is 11.9. The Balaban J connectivity index is 1.64. The number of carbonyl (C=O) groups excluding carboxylic acids is 1. The number of benzene rings is 1. The molecule has 0 atom stereocenters. The summed E-state index contributed by atoms with van der Waals surface area (Å²) in [6.07, 6.45) is 1.64. The van der Waals surface area contributed by atoms with Gasteiger partial charge in [-0.25, -0.2) is 9.78 Å². The molecule has 0 N–H and O–H groups in total. The lowest BCUT2D eigenvalue weighted by atomic mass is 10.3. The predicted molar refractivity (Wildman–Crippen MR) is 92.9 cm³/mol. The smallest absolute Gasteiger partial charge is 0.344 e. The number of esters is 1. The molecule has 3 aromatic rings. The second-order valence-electron chi connectivity index (χ2n) is 5.35. The van der Waals surface area contributed by atoms with E-state index in [1.165, 1.54) is 10.5 Å². The molecular weight excluding hydrogens is 344 g/mol. The lowest BCUT2D eigenvalue weighted by molar-refractivity contribution is -0.147. The van der Waals surface area contributed by atoms with Crippen LogP contribution in [-0.4, -0.2) is 22.0 Å². The first-order chi connectivity index (χ1) is 12.0. The highest BCUT2D eigenvalue weighted by Crippen LogP contribution is 2.22. The molecule has 0 aliphatic heterocycles. The summed E-state index contributed by atoms with van der Waals surface area (Å²) in [6.45, 7) is 1.47. The molecule has 0 bridgehead atoms. The van der Waals surface area contributed by atoms with Crippen molar-refractivity contribution in [3.8, 4) is 5.75 Å². The molecule has 128 valence electrons. The lowest BCUT2D eigenvalue weighted by Crippen LogP contribution is -2.19. The van der Waals surface area contributed by atoms with Gasteiger partial charge in [-0.3, -0.25) is 9.20 Å². The largest absolute Gasteiger partial charge is 0.480 e. The Morgan fingerprint density at radius 3 is 2.84 bits per heavy atom. The minimum atomic E-state index is -0.577. The second-order valence-corrected chi connectivity index (χ2v) is 5.76. The number of carbonyl (C=O) groups is 1. The molecule has 3 rings (SSSR count). The van der Waals surface area contributed by atoms with Gasteiger partial charge in [0.1, 0.15) is 18.0 Å². The number of hydrogen-bond donors (Lipinski definition) is 0. The van der Waals surface area contributed by atoms with Crippen LogP contribution in [0.2, 0.25) is 5.02 Å². The molecule has 0 fully saturated rings. The fraction of sp³-hybridized carbons (Fsp3) is 0.167. The average molecular weight is 359 g/mol. The molecule has 6 nitrogen and oxygen atoms in total. The maximum Gasteiger partial charge on any atom is 0.344 e. The van der Waals surface area contributed by atoms with E-state index in [9.17, 15) is 9.59 Å². The van der Waals surface area contributed by atoms with Gasteiger partial charge in [-0.2, -0.15) is 0 Å². The Morgan fingerprint density at radius 1 is 1.24 bits per heavy atom. The summed E-state index contributed by atoms with van der Waals surface area (Å²) in [6, 6.07) is 11.8. The zero-order valence-electron chi connectivity index (χ0n) is 13.4. The van der Waals surface area contributed by atoms with E-state index in [0.717, 1.165) is 5.56 Å². The van der Waals surface area contributed by atoms with E-state index in [-0.39, 0.29) is 18.8 Å². The van der Waals surface area contributed by atoms with E-state index >= 15 is 0 Å². The van der Waals surface area contributed by atoms with E-state index < -0.39 is 5.97 Å². The quantitative estimate of drug-likeness (QED) is 0.656. The van der Waals surface area contributed by atoms with E-state index in [2.05, 4.69) is 4.98 Å². The Hall–Kier alpha value is -2.86. The van der Waals surface area contributed by atoms with Crippen molar-refractivity contribution >= 4 is 23.2 Å². The van der Waals surface area contributed by atoms with Crippen molar-refractivity contribution in [2.45, 2.75) is 13.5 Å². The predicted octanol–water partition coefficient (Wildman–Crippen LogP) is 2.78. The fourth-order valence-corrected chi connectivity index (χ4v) is 2.47. The van der Waals surface area contributed by atoms with Crippen molar-refractivity contribution in [3.63, 3.8) is 0 Å². The topological polar surface area (TPSA) is 69.9 Å². The van der Waals surface area contributed by atoms with Gasteiger partial charge in [0, 0.05) is 12.3 Å². The summed E-state index contributed by atoms with van der Waals surface area (Å²) in [4.78, 5) is 28.3. The molecule has 2 heterocycles. The Labute approximate surface area is 148 Å². The zero-order valence-corrected chi connectivity index (χ0v) is 14.2. The van der Waals surface area contributed by atoms with Crippen LogP contribution in [0.15, 0.2) is 53.5 Å². The number of rotatable bonds is 5. The highest BCUT2D eigenvalue weighted by atomic mass is 35.5. The molecule has 0 amide bonds. The van der Waals surface area contributed by atoms with Gasteiger partial charge in [0.25, 0.3) is 5.56 Å². The van der Waals surface area contributed by atoms with Crippen LogP contribution in [0.1, 0.15) is 11.3 Å². The van der Waals surface area contributed by atoms with Gasteiger partial charge in [-0.15, -0.1) is 0 Å². The van der Waals surface area contributed by atoms with Crippen LogP contribution >= 0.6 is 11.6 Å². The maximum atomic E-state index is 12.1. The summed E-state index contributed by atoms with van der Waals surface area (Å²) in [5.74, 6) is -0.175. The van der Waals surface area contributed by atoms with Crippen LogP contribution < -0.4 is 10.3 Å². The van der Waals surface area contributed by atoms with Crippen LogP contribution in [0.3, 0.4) is 0 Å². The van der Waals surface area contributed by atoms with Gasteiger partial charge in [0.15, 0.2) is 6.61 Å². The molecule has 2 aromatic heterocycles. The minimum absolute atomic E-state index is 0.106. The molecule has 0 saturated carbocycles. The number of aryl methyl sites for hydroxylation is 1. The average Bonchev–Trinajstić information content (AvgIpc) is 2.60. The number of halogens is 1. The first-order valence-electron chi connectivity index (χ1n) is 7.55. The Bertz CT molecular complexity index is 984. The normalized spacial score (nSPS) is 10.6. The number of para-hydroxylation sites is 1. The SMILES string of the molecule is Cc1cccn2c(=O)cc(COC(=O)COc3ccccc3Cl)nc12. The van der Waals surface area contributed by atoms with Crippen molar-refractivity contribution in [2.24, 2.45) is 0 Å². The molecule has 1 aromatic carbocycles. The molecule has 0 spiro atoms. The highest BCUT2D eigenvalue weighted by molar-refractivity contribution is 6.32. The van der Waals surface area contributed by atoms with Crippen LogP contribution in [0, 0.1) is 6.92 Å². The first-order valence-corrected chi connectivity index (χ1v) is 7.93. The third kappa shape index (κ3) is 3.97. The molecule has 0 radical (unpaired) electrons. The van der Waals surface area contributed by atoms with Gasteiger partial charge >= 0.3 is 5.97 Å². The summed E-state index contributed by atoms with van der Waals surface area (Å²) in [5.41, 5.74) is 1.54. The van der Waals surface area contributed by atoms with Crippen molar-refractivity contribution < 1.29 is 14.3 Å². The van der Waals surface area contributed by atoms with E-state index in [1.807, 2.05) is 13.0 Å². The van der Waals surface area contributed by atoms with E-state index in [1.54, 1.807) is 36.5 Å². The molecule has 7 heteroatoms. The maximum absolute atomic E-state index is 12.1. The highest BCUT2D eigenvalue weighted by Gasteiger charge is 2.09. The van der Waals surface area contributed by atoms with Crippen LogP contribution in [0.5, 0.6) is 5.75 Å². The van der Waals surface area contributed by atoms with E-state index in [4.69, 9.17) is 21.1 Å². The third-order valence-corrected chi connectivity index (χ3v) is 3.81. The standard InChI is InChI=1S/C18H15ClN2O4/c1-12-5-4-8-21-16(22)9-13(20-18(12)21)10-25-17(23)11-24-15-7-3-2-6-14(15)19/h2-9H,10-11H2,1H3. The monoisotopic (exact) mass is 358 g/mol. The van der Waals surface area contributed by atoms with E-state index in [0.29, 0.717) is 22.1 Å². The van der Waals surface area contributed by atoms with Gasteiger partial charge in [0.2, 0.25) is 0 Å². The number of fused-ring (bicyclic) bond motifs is 1. The summed E-state index contributed by atoms with van der Waals surface area (Å²) in [7, 11) is 0. The number of ether oxygens (including phenoxy) is 2. The molecule has 0 unspecified atom stereocenters. The molecule has 0 saturated heterocycles. The fourth-order valence-electron chi connectivity index (χ4n) is 2.28. The molecule has 0 aliphatic rings. The Kier molecular flexibility index (Phi) is 5.00. The third-order valence-electron chi connectivity index (χ3n) is 3.50. The van der Waals surface area contributed by atoms with Gasteiger partial charge in [-0.1, -0.05) is 29.8 Å². The van der Waals surface area contributed by atoms with Crippen LogP contribution in [0.4, 0.5) is 0 Å². The second kappa shape index (κ2) is 7.36. The van der Waals surface area contributed by atoms with Crippen molar-refractivity contribution in [3.05, 3.63) is 75.3 Å². The summed E-state index contributed by atoms with van der Waals surface area (Å²) >= 11 is 5.94. The molecule has 0 aliphatic carbocycles. The zero-order chi connectivity index (χ0) is 17.8.